The van der Waals surface area contributed by atoms with E-state index in [0.29, 0.717) is 10.2 Å². The van der Waals surface area contributed by atoms with E-state index in [1.165, 1.54) is 17.4 Å². The van der Waals surface area contributed by atoms with Crippen molar-refractivity contribution >= 4 is 21.8 Å². The Hall–Kier alpha value is -1.55. The molecule has 19 heavy (non-hydrogen) atoms. The molecule has 0 aliphatic carbocycles. The molecule has 1 aromatic carbocycles. The smallest absolute Gasteiger partial charge is 0.256 e. The van der Waals surface area contributed by atoms with Gasteiger partial charge in [0.15, 0.2) is 4.67 Å². The average Bonchev–Trinajstić information content (AvgIpc) is 2.75. The highest BCUT2D eigenvalue weighted by molar-refractivity contribution is 9.10. The van der Waals surface area contributed by atoms with E-state index in [9.17, 15) is 4.79 Å². The van der Waals surface area contributed by atoms with Crippen LogP contribution in [0.4, 0.5) is 0 Å². The van der Waals surface area contributed by atoms with E-state index in [1.807, 2.05) is 6.92 Å². The van der Waals surface area contributed by atoms with Crippen molar-refractivity contribution in [1.82, 2.24) is 5.32 Å². The molecule has 0 saturated carbocycles. The highest BCUT2D eigenvalue weighted by Crippen LogP contribution is 2.21. The Balaban J connectivity index is 2.15. The summed E-state index contributed by atoms with van der Waals surface area (Å²) in [5.41, 5.74) is 4.03. The molecule has 4 heteroatoms. The van der Waals surface area contributed by atoms with Crippen LogP contribution in [0, 0.1) is 13.8 Å². The summed E-state index contributed by atoms with van der Waals surface area (Å²) < 4.78 is 5.52. The lowest BCUT2D eigenvalue weighted by molar-refractivity contribution is 0.0938. The molecule has 0 radical (unpaired) electrons. The molecule has 0 fully saturated rings. The number of furan rings is 1. The van der Waals surface area contributed by atoms with Crippen molar-refractivity contribution in [3.05, 3.63) is 57.5 Å². The predicted octanol–water partition coefficient (Wildman–Crippen LogP) is 4.15. The molecular weight excluding hydrogens is 306 g/mol. The number of nitrogens with one attached hydrogen (secondary N) is 1. The second kappa shape index (κ2) is 5.61. The summed E-state index contributed by atoms with van der Waals surface area (Å²) in [4.78, 5) is 12.1. The predicted molar refractivity (Wildman–Crippen MR) is 78.2 cm³/mol. The van der Waals surface area contributed by atoms with Crippen LogP contribution in [0.15, 0.2) is 39.6 Å². The van der Waals surface area contributed by atoms with Gasteiger partial charge in [0.2, 0.25) is 0 Å². The minimum absolute atomic E-state index is 0.0464. The number of carbonyl (C=O) groups excluding carboxylic acids is 1. The highest BCUT2D eigenvalue weighted by atomic mass is 79.9. The first-order chi connectivity index (χ1) is 8.99. The lowest BCUT2D eigenvalue weighted by atomic mass is 10.00. The molecule has 0 aliphatic heterocycles. The first-order valence-electron chi connectivity index (χ1n) is 6.10. The zero-order valence-corrected chi connectivity index (χ0v) is 12.7. The largest absolute Gasteiger partial charge is 0.457 e. The average molecular weight is 322 g/mol. The van der Waals surface area contributed by atoms with Crippen LogP contribution < -0.4 is 5.32 Å². The molecular formula is C15H16BrNO2. The maximum Gasteiger partial charge on any atom is 0.256 e. The van der Waals surface area contributed by atoms with E-state index in [4.69, 9.17) is 4.42 Å². The molecule has 0 aliphatic rings. The SMILES string of the molecule is Cc1ccc(C(C)NC(=O)c2ccoc2Br)c(C)c1. The Bertz CT molecular complexity index is 604. The molecule has 0 spiro atoms. The van der Waals surface area contributed by atoms with E-state index in [1.54, 1.807) is 6.07 Å². The summed E-state index contributed by atoms with van der Waals surface area (Å²) in [6.07, 6.45) is 1.49. The van der Waals surface area contributed by atoms with Gasteiger partial charge in [-0.1, -0.05) is 23.8 Å². The Morgan fingerprint density at radius 1 is 1.32 bits per heavy atom. The molecule has 3 nitrogen and oxygen atoms in total. The van der Waals surface area contributed by atoms with Crippen LogP contribution in [0.2, 0.25) is 0 Å². The number of carbonyl (C=O) groups is 1. The zero-order chi connectivity index (χ0) is 14.0. The Morgan fingerprint density at radius 2 is 2.05 bits per heavy atom. The van der Waals surface area contributed by atoms with Crippen LogP contribution in [0.25, 0.3) is 0 Å². The Morgan fingerprint density at radius 3 is 2.63 bits per heavy atom. The summed E-state index contributed by atoms with van der Waals surface area (Å²) in [6.45, 7) is 6.09. The van der Waals surface area contributed by atoms with Gasteiger partial charge in [-0.3, -0.25) is 4.79 Å². The summed E-state index contributed by atoms with van der Waals surface area (Å²) in [5.74, 6) is -0.145. The van der Waals surface area contributed by atoms with Gasteiger partial charge in [-0.05, 0) is 53.9 Å². The van der Waals surface area contributed by atoms with Crippen molar-refractivity contribution in [1.29, 1.82) is 0 Å². The molecule has 1 unspecified atom stereocenters. The number of hydrogen-bond acceptors (Lipinski definition) is 2. The third kappa shape index (κ3) is 3.07. The molecule has 2 aromatic rings. The van der Waals surface area contributed by atoms with Crippen LogP contribution in [0.3, 0.4) is 0 Å². The fraction of sp³-hybridized carbons (Fsp3) is 0.267. The summed E-state index contributed by atoms with van der Waals surface area (Å²) in [6, 6.07) is 7.83. The van der Waals surface area contributed by atoms with Crippen LogP contribution >= 0.6 is 15.9 Å². The van der Waals surface area contributed by atoms with E-state index >= 15 is 0 Å². The number of rotatable bonds is 3. The summed E-state index contributed by atoms with van der Waals surface area (Å²) in [5, 5.41) is 2.97. The van der Waals surface area contributed by atoms with Crippen molar-refractivity contribution in [2.75, 3.05) is 0 Å². The van der Waals surface area contributed by atoms with E-state index in [2.05, 4.69) is 53.3 Å². The number of aryl methyl sites for hydroxylation is 2. The number of halogens is 1. The molecule has 1 amide bonds. The quantitative estimate of drug-likeness (QED) is 0.922. The Kier molecular flexibility index (Phi) is 4.10. The van der Waals surface area contributed by atoms with Crippen molar-refractivity contribution in [2.45, 2.75) is 26.8 Å². The van der Waals surface area contributed by atoms with Crippen molar-refractivity contribution in [2.24, 2.45) is 0 Å². The monoisotopic (exact) mass is 321 g/mol. The first kappa shape index (κ1) is 13.9. The maximum atomic E-state index is 12.1. The van der Waals surface area contributed by atoms with Crippen LogP contribution in [-0.4, -0.2) is 5.91 Å². The summed E-state index contributed by atoms with van der Waals surface area (Å²) >= 11 is 3.21. The van der Waals surface area contributed by atoms with Gasteiger partial charge in [-0.2, -0.15) is 0 Å². The fourth-order valence-corrected chi connectivity index (χ4v) is 2.54. The van der Waals surface area contributed by atoms with E-state index in [-0.39, 0.29) is 11.9 Å². The zero-order valence-electron chi connectivity index (χ0n) is 11.2. The minimum Gasteiger partial charge on any atom is -0.457 e. The number of benzene rings is 1. The van der Waals surface area contributed by atoms with Gasteiger partial charge in [-0.25, -0.2) is 0 Å². The van der Waals surface area contributed by atoms with E-state index < -0.39 is 0 Å². The lowest BCUT2D eigenvalue weighted by Crippen LogP contribution is -2.27. The molecule has 2 rings (SSSR count). The second-order valence-electron chi connectivity index (χ2n) is 4.66. The molecule has 0 saturated heterocycles. The van der Waals surface area contributed by atoms with E-state index in [0.717, 1.165) is 5.56 Å². The first-order valence-corrected chi connectivity index (χ1v) is 6.89. The van der Waals surface area contributed by atoms with Gasteiger partial charge >= 0.3 is 0 Å². The lowest BCUT2D eigenvalue weighted by Gasteiger charge is -2.16. The molecule has 1 atom stereocenters. The van der Waals surface area contributed by atoms with Gasteiger partial charge in [0.1, 0.15) is 0 Å². The van der Waals surface area contributed by atoms with Gasteiger partial charge in [0, 0.05) is 0 Å². The Labute approximate surface area is 121 Å². The van der Waals surface area contributed by atoms with Gasteiger partial charge in [-0.15, -0.1) is 0 Å². The summed E-state index contributed by atoms with van der Waals surface area (Å²) in [7, 11) is 0. The van der Waals surface area contributed by atoms with Gasteiger partial charge < -0.3 is 9.73 Å². The third-order valence-corrected chi connectivity index (χ3v) is 3.72. The van der Waals surface area contributed by atoms with Crippen molar-refractivity contribution in [3.8, 4) is 0 Å². The van der Waals surface area contributed by atoms with Gasteiger partial charge in [0.05, 0.1) is 17.9 Å². The maximum absolute atomic E-state index is 12.1. The fourth-order valence-electron chi connectivity index (χ4n) is 2.12. The molecule has 1 heterocycles. The number of amides is 1. The van der Waals surface area contributed by atoms with Crippen LogP contribution in [0.5, 0.6) is 0 Å². The standard InChI is InChI=1S/C15H16BrNO2/c1-9-4-5-12(10(2)8-9)11(3)17-15(18)13-6-7-19-14(13)16/h4-8,11H,1-3H3,(H,17,18). The van der Waals surface area contributed by atoms with Crippen LogP contribution in [-0.2, 0) is 0 Å². The molecule has 1 aromatic heterocycles. The van der Waals surface area contributed by atoms with Crippen molar-refractivity contribution < 1.29 is 9.21 Å². The normalized spacial score (nSPS) is 12.2. The number of hydrogen-bond donors (Lipinski definition) is 1. The molecule has 1 N–H and O–H groups in total. The van der Waals surface area contributed by atoms with Crippen molar-refractivity contribution in [3.63, 3.8) is 0 Å². The second-order valence-corrected chi connectivity index (χ2v) is 5.38. The molecule has 0 bridgehead atoms. The van der Waals surface area contributed by atoms with Gasteiger partial charge in [0.25, 0.3) is 5.91 Å². The molecule has 100 valence electrons. The topological polar surface area (TPSA) is 42.2 Å². The minimum atomic E-state index is -0.145. The van der Waals surface area contributed by atoms with Crippen LogP contribution in [0.1, 0.15) is 40.0 Å². The third-order valence-electron chi connectivity index (χ3n) is 3.10. The highest BCUT2D eigenvalue weighted by Gasteiger charge is 2.16.